The maximum absolute atomic E-state index is 12.8. The lowest BCUT2D eigenvalue weighted by atomic mass is 10.0. The van der Waals surface area contributed by atoms with Gasteiger partial charge in [0.15, 0.2) is 0 Å². The number of benzene rings is 2. The Kier molecular flexibility index (Phi) is 7.55. The molecule has 0 aliphatic heterocycles. The summed E-state index contributed by atoms with van der Waals surface area (Å²) in [5, 5.41) is 5.91. The monoisotopic (exact) mass is 367 g/mol. The van der Waals surface area contributed by atoms with Gasteiger partial charge in [0.1, 0.15) is 0 Å². The summed E-state index contributed by atoms with van der Waals surface area (Å²) < 4.78 is 0. The summed E-state index contributed by atoms with van der Waals surface area (Å²) in [4.78, 5) is 27.1. The number of hydrogen-bond acceptors (Lipinski definition) is 3. The highest BCUT2D eigenvalue weighted by Crippen LogP contribution is 2.23. The largest absolute Gasteiger partial charge is 0.351 e. The number of para-hydroxylation sites is 1. The number of amides is 2. The van der Waals surface area contributed by atoms with Crippen molar-refractivity contribution in [3.63, 3.8) is 0 Å². The minimum absolute atomic E-state index is 0.172. The molecule has 2 amide bonds. The first-order valence-electron chi connectivity index (χ1n) is 9.41. The molecule has 0 unspecified atom stereocenters. The minimum Gasteiger partial charge on any atom is -0.351 e. The molecule has 0 aromatic heterocycles. The molecule has 0 heterocycles. The van der Waals surface area contributed by atoms with Crippen molar-refractivity contribution in [2.24, 2.45) is 0 Å². The van der Waals surface area contributed by atoms with Crippen LogP contribution >= 0.6 is 0 Å². The number of carbonyl (C=O) groups is 2. The van der Waals surface area contributed by atoms with Crippen molar-refractivity contribution >= 4 is 17.5 Å². The van der Waals surface area contributed by atoms with Crippen LogP contribution < -0.4 is 10.6 Å². The van der Waals surface area contributed by atoms with E-state index < -0.39 is 0 Å². The minimum atomic E-state index is -0.200. The summed E-state index contributed by atoms with van der Waals surface area (Å²) in [6, 6.07) is 12.9. The fourth-order valence-corrected chi connectivity index (χ4v) is 2.89. The average Bonchev–Trinajstić information content (AvgIpc) is 2.67. The number of nitrogens with zero attached hydrogens (tertiary/aromatic N) is 1. The smallest absolute Gasteiger partial charge is 0.255 e. The molecule has 0 aliphatic carbocycles. The molecule has 5 heteroatoms. The maximum atomic E-state index is 12.8. The number of hydrogen-bond donors (Lipinski definition) is 2. The molecule has 0 spiro atoms. The van der Waals surface area contributed by atoms with Crippen molar-refractivity contribution in [2.45, 2.75) is 26.7 Å². The second kappa shape index (κ2) is 9.88. The van der Waals surface area contributed by atoms with E-state index in [-0.39, 0.29) is 11.8 Å². The lowest BCUT2D eigenvalue weighted by Gasteiger charge is -2.15. The van der Waals surface area contributed by atoms with E-state index in [0.717, 1.165) is 36.2 Å². The molecule has 0 radical (unpaired) electrons. The van der Waals surface area contributed by atoms with Gasteiger partial charge in [0.05, 0.1) is 0 Å². The van der Waals surface area contributed by atoms with Gasteiger partial charge in [0.25, 0.3) is 11.8 Å². The van der Waals surface area contributed by atoms with E-state index in [9.17, 15) is 9.59 Å². The molecule has 0 fully saturated rings. The Hall–Kier alpha value is -2.66. The zero-order chi connectivity index (χ0) is 19.8. The van der Waals surface area contributed by atoms with Gasteiger partial charge in [-0.25, -0.2) is 0 Å². The molecular weight excluding hydrogens is 338 g/mol. The fraction of sp³-hybridized carbons (Fsp3) is 0.364. The van der Waals surface area contributed by atoms with Crippen LogP contribution in [-0.4, -0.2) is 43.9 Å². The number of aryl methyl sites for hydroxylation is 2. The second-order valence-electron chi connectivity index (χ2n) is 6.75. The Morgan fingerprint density at radius 2 is 1.44 bits per heavy atom. The Balaban J connectivity index is 2.15. The highest BCUT2D eigenvalue weighted by Gasteiger charge is 2.14. The lowest BCUT2D eigenvalue weighted by Crippen LogP contribution is -2.31. The van der Waals surface area contributed by atoms with Crippen molar-refractivity contribution in [3.8, 4) is 0 Å². The van der Waals surface area contributed by atoms with E-state index in [0.29, 0.717) is 17.7 Å². The zero-order valence-corrected chi connectivity index (χ0v) is 16.6. The molecule has 0 saturated heterocycles. The standard InChI is InChI=1S/C22H29N3O2/c1-5-16-9-7-10-17(6-2)20(16)24-22(27)19-12-8-11-18(15-19)21(26)23-13-14-25(3)4/h7-12,15H,5-6,13-14H2,1-4H3,(H,23,26)(H,24,27). The molecular formula is C22H29N3O2. The third kappa shape index (κ3) is 5.66. The molecule has 2 aromatic rings. The van der Waals surface area contributed by atoms with Crippen molar-refractivity contribution in [1.82, 2.24) is 10.2 Å². The van der Waals surface area contributed by atoms with Crippen molar-refractivity contribution in [2.75, 3.05) is 32.5 Å². The van der Waals surface area contributed by atoms with Crippen molar-refractivity contribution < 1.29 is 9.59 Å². The topological polar surface area (TPSA) is 61.4 Å². The average molecular weight is 367 g/mol. The van der Waals surface area contributed by atoms with E-state index in [4.69, 9.17) is 0 Å². The Morgan fingerprint density at radius 3 is 2.00 bits per heavy atom. The predicted molar refractivity (Wildman–Crippen MR) is 110 cm³/mol. The number of carbonyl (C=O) groups excluding carboxylic acids is 2. The summed E-state index contributed by atoms with van der Waals surface area (Å²) >= 11 is 0. The fourth-order valence-electron chi connectivity index (χ4n) is 2.89. The van der Waals surface area contributed by atoms with Gasteiger partial charge in [0.2, 0.25) is 0 Å². The maximum Gasteiger partial charge on any atom is 0.255 e. The van der Waals surface area contributed by atoms with E-state index >= 15 is 0 Å². The van der Waals surface area contributed by atoms with Gasteiger partial charge in [-0.3, -0.25) is 9.59 Å². The number of nitrogens with one attached hydrogen (secondary N) is 2. The summed E-state index contributed by atoms with van der Waals surface area (Å²) in [7, 11) is 3.91. The number of rotatable bonds is 8. The van der Waals surface area contributed by atoms with E-state index in [2.05, 4.69) is 24.5 Å². The van der Waals surface area contributed by atoms with Gasteiger partial charge in [-0.15, -0.1) is 0 Å². The molecule has 0 atom stereocenters. The van der Waals surface area contributed by atoms with E-state index in [1.807, 2.05) is 37.2 Å². The lowest BCUT2D eigenvalue weighted by molar-refractivity contribution is 0.0951. The number of likely N-dealkylation sites (N-methyl/N-ethyl adjacent to an activating group) is 1. The molecule has 5 nitrogen and oxygen atoms in total. The molecule has 0 saturated carbocycles. The van der Waals surface area contributed by atoms with Crippen LogP contribution in [0.15, 0.2) is 42.5 Å². The van der Waals surface area contributed by atoms with Gasteiger partial charge in [0, 0.05) is 29.9 Å². The van der Waals surface area contributed by atoms with Crippen molar-refractivity contribution in [3.05, 3.63) is 64.7 Å². The van der Waals surface area contributed by atoms with Crippen LogP contribution in [0.1, 0.15) is 45.7 Å². The van der Waals surface area contributed by atoms with Crippen LogP contribution in [0.5, 0.6) is 0 Å². The Bertz CT molecular complexity index is 778. The summed E-state index contributed by atoms with van der Waals surface area (Å²) in [6.07, 6.45) is 1.69. The molecule has 0 bridgehead atoms. The van der Waals surface area contributed by atoms with Crippen LogP contribution in [0, 0.1) is 0 Å². The quantitative estimate of drug-likeness (QED) is 0.752. The summed E-state index contributed by atoms with van der Waals surface area (Å²) in [5.74, 6) is -0.372. The normalized spacial score (nSPS) is 10.7. The van der Waals surface area contributed by atoms with Crippen LogP contribution in [0.2, 0.25) is 0 Å². The third-order valence-electron chi connectivity index (χ3n) is 4.47. The first-order valence-corrected chi connectivity index (χ1v) is 9.41. The Morgan fingerprint density at radius 1 is 0.889 bits per heavy atom. The predicted octanol–water partition coefficient (Wildman–Crippen LogP) is 3.36. The van der Waals surface area contributed by atoms with Crippen LogP contribution in [0.3, 0.4) is 0 Å². The SMILES string of the molecule is CCc1cccc(CC)c1NC(=O)c1cccc(C(=O)NCCN(C)C)c1. The first-order chi connectivity index (χ1) is 13.0. The second-order valence-corrected chi connectivity index (χ2v) is 6.75. The van der Waals surface area contributed by atoms with E-state index in [1.165, 1.54) is 0 Å². The molecule has 27 heavy (non-hydrogen) atoms. The molecule has 0 aliphatic rings. The zero-order valence-electron chi connectivity index (χ0n) is 16.6. The van der Waals surface area contributed by atoms with Crippen molar-refractivity contribution in [1.29, 1.82) is 0 Å². The van der Waals surface area contributed by atoms with Crippen LogP contribution in [-0.2, 0) is 12.8 Å². The summed E-state index contributed by atoms with van der Waals surface area (Å²) in [5.41, 5.74) is 4.07. The van der Waals surface area contributed by atoms with Gasteiger partial charge in [-0.1, -0.05) is 38.1 Å². The first kappa shape index (κ1) is 20.6. The van der Waals surface area contributed by atoms with Gasteiger partial charge >= 0.3 is 0 Å². The molecule has 2 rings (SSSR count). The molecule has 2 N–H and O–H groups in total. The van der Waals surface area contributed by atoms with Gasteiger partial charge < -0.3 is 15.5 Å². The molecule has 144 valence electrons. The van der Waals surface area contributed by atoms with Crippen LogP contribution in [0.4, 0.5) is 5.69 Å². The summed E-state index contributed by atoms with van der Waals surface area (Å²) in [6.45, 7) is 5.47. The van der Waals surface area contributed by atoms with Crippen LogP contribution in [0.25, 0.3) is 0 Å². The highest BCUT2D eigenvalue weighted by atomic mass is 16.2. The number of anilines is 1. The molecule has 2 aromatic carbocycles. The van der Waals surface area contributed by atoms with E-state index in [1.54, 1.807) is 24.3 Å². The Labute approximate surface area is 161 Å². The highest BCUT2D eigenvalue weighted by molar-refractivity contribution is 6.06. The van der Waals surface area contributed by atoms with Gasteiger partial charge in [-0.2, -0.15) is 0 Å². The van der Waals surface area contributed by atoms with Gasteiger partial charge in [-0.05, 0) is 56.3 Å². The third-order valence-corrected chi connectivity index (χ3v) is 4.47.